The topological polar surface area (TPSA) is 68.1 Å². The summed E-state index contributed by atoms with van der Waals surface area (Å²) in [5.41, 5.74) is 2.43. The average molecular weight is 304 g/mol. The van der Waals surface area contributed by atoms with Gasteiger partial charge in [-0.3, -0.25) is 10.1 Å². The second-order valence-electron chi connectivity index (χ2n) is 4.44. The van der Waals surface area contributed by atoms with E-state index in [9.17, 15) is 10.1 Å². The van der Waals surface area contributed by atoms with Gasteiger partial charge in [-0.1, -0.05) is 48.0 Å². The summed E-state index contributed by atoms with van der Waals surface area (Å²) in [6.45, 7) is 0.529. The van der Waals surface area contributed by atoms with Crippen molar-refractivity contribution in [3.8, 4) is 0 Å². The fourth-order valence-electron chi connectivity index (χ4n) is 1.82. The van der Waals surface area contributed by atoms with Crippen LogP contribution in [0, 0.1) is 10.1 Å². The largest absolute Gasteiger partial charge is 0.379 e. The van der Waals surface area contributed by atoms with Crippen molar-refractivity contribution in [1.29, 1.82) is 0 Å². The molecule has 0 saturated carbocycles. The SMILES string of the molecule is O=[N+]([O-])/C=C(\Cc1ccc(Cl)nc1)NCc1ccccc1. The van der Waals surface area contributed by atoms with Gasteiger partial charge in [0, 0.05) is 19.2 Å². The number of rotatable bonds is 6. The Balaban J connectivity index is 2.04. The smallest absolute Gasteiger partial charge is 0.253 e. The number of pyridine rings is 1. The molecule has 1 N–H and O–H groups in total. The highest BCUT2D eigenvalue weighted by Crippen LogP contribution is 2.10. The molecule has 21 heavy (non-hydrogen) atoms. The molecule has 0 aliphatic rings. The van der Waals surface area contributed by atoms with Gasteiger partial charge in [0.2, 0.25) is 0 Å². The first-order valence-electron chi connectivity index (χ1n) is 6.36. The summed E-state index contributed by atoms with van der Waals surface area (Å²) < 4.78 is 0. The molecule has 2 rings (SSSR count). The molecule has 0 unspecified atom stereocenters. The quantitative estimate of drug-likeness (QED) is 0.505. The van der Waals surface area contributed by atoms with E-state index < -0.39 is 4.92 Å². The van der Waals surface area contributed by atoms with Crippen molar-refractivity contribution in [3.05, 3.63) is 87.0 Å². The molecule has 0 radical (unpaired) electrons. The van der Waals surface area contributed by atoms with Gasteiger partial charge in [-0.05, 0) is 17.2 Å². The number of nitro groups is 1. The van der Waals surface area contributed by atoms with Gasteiger partial charge < -0.3 is 5.32 Å². The zero-order chi connectivity index (χ0) is 15.1. The maximum absolute atomic E-state index is 10.7. The van der Waals surface area contributed by atoms with Crippen molar-refractivity contribution in [1.82, 2.24) is 10.3 Å². The van der Waals surface area contributed by atoms with Crippen LogP contribution in [0.1, 0.15) is 11.1 Å². The molecule has 0 amide bonds. The summed E-state index contributed by atoms with van der Waals surface area (Å²) in [7, 11) is 0. The third-order valence-electron chi connectivity index (χ3n) is 2.81. The molecular formula is C15H14ClN3O2. The molecule has 0 spiro atoms. The number of allylic oxidation sites excluding steroid dienone is 1. The normalized spacial score (nSPS) is 11.2. The molecule has 1 aromatic heterocycles. The number of nitrogens with one attached hydrogen (secondary N) is 1. The average Bonchev–Trinajstić information content (AvgIpc) is 2.48. The van der Waals surface area contributed by atoms with Crippen molar-refractivity contribution >= 4 is 11.6 Å². The van der Waals surface area contributed by atoms with Gasteiger partial charge in [0.05, 0.1) is 10.6 Å². The monoisotopic (exact) mass is 303 g/mol. The van der Waals surface area contributed by atoms with E-state index in [1.54, 1.807) is 18.3 Å². The van der Waals surface area contributed by atoms with Crippen LogP contribution in [0.15, 0.2) is 60.6 Å². The summed E-state index contributed by atoms with van der Waals surface area (Å²) in [4.78, 5) is 14.2. The lowest BCUT2D eigenvalue weighted by Gasteiger charge is -2.09. The first kappa shape index (κ1) is 15.0. The zero-order valence-corrected chi connectivity index (χ0v) is 12.0. The Kier molecular flexibility index (Phi) is 5.29. The van der Waals surface area contributed by atoms with Gasteiger partial charge in [0.15, 0.2) is 0 Å². The molecule has 0 bridgehead atoms. The van der Waals surface area contributed by atoms with Crippen LogP contribution in [0.25, 0.3) is 0 Å². The number of hydrogen-bond donors (Lipinski definition) is 1. The van der Waals surface area contributed by atoms with Crippen molar-refractivity contribution in [2.24, 2.45) is 0 Å². The molecule has 1 aromatic carbocycles. The molecule has 0 saturated heterocycles. The standard InChI is InChI=1S/C15H14ClN3O2/c16-15-7-6-13(10-18-15)8-14(11-19(20)21)17-9-12-4-2-1-3-5-12/h1-7,10-11,17H,8-9H2/b14-11+. The molecule has 2 aromatic rings. The van der Waals surface area contributed by atoms with E-state index in [4.69, 9.17) is 11.6 Å². The number of benzene rings is 1. The van der Waals surface area contributed by atoms with Crippen LogP contribution < -0.4 is 5.32 Å². The zero-order valence-electron chi connectivity index (χ0n) is 11.2. The molecule has 0 atom stereocenters. The van der Waals surface area contributed by atoms with E-state index in [2.05, 4.69) is 10.3 Å². The molecule has 0 aliphatic carbocycles. The predicted octanol–water partition coefficient (Wildman–Crippen LogP) is 3.19. The Labute approximate surface area is 127 Å². The molecule has 0 aliphatic heterocycles. The highest BCUT2D eigenvalue weighted by molar-refractivity contribution is 6.29. The van der Waals surface area contributed by atoms with Crippen LogP contribution in [-0.2, 0) is 13.0 Å². The fraction of sp³-hybridized carbons (Fsp3) is 0.133. The predicted molar refractivity (Wildman–Crippen MR) is 81.3 cm³/mol. The minimum absolute atomic E-state index is 0.399. The van der Waals surface area contributed by atoms with Gasteiger partial charge in [-0.15, -0.1) is 0 Å². The van der Waals surface area contributed by atoms with Crippen LogP contribution in [-0.4, -0.2) is 9.91 Å². The molecule has 5 nitrogen and oxygen atoms in total. The number of aromatic nitrogens is 1. The van der Waals surface area contributed by atoms with Gasteiger partial charge in [0.1, 0.15) is 5.15 Å². The summed E-state index contributed by atoms with van der Waals surface area (Å²) in [6.07, 6.45) is 3.00. The number of hydrogen-bond acceptors (Lipinski definition) is 4. The van der Waals surface area contributed by atoms with Crippen LogP contribution in [0.5, 0.6) is 0 Å². The third kappa shape index (κ3) is 5.24. The Morgan fingerprint density at radius 2 is 2.00 bits per heavy atom. The molecular weight excluding hydrogens is 290 g/mol. The molecule has 0 fully saturated rings. The van der Waals surface area contributed by atoms with E-state index in [-0.39, 0.29) is 0 Å². The summed E-state index contributed by atoms with van der Waals surface area (Å²) in [6, 6.07) is 13.2. The maximum atomic E-state index is 10.7. The summed E-state index contributed by atoms with van der Waals surface area (Å²) in [5, 5.41) is 14.2. The summed E-state index contributed by atoms with van der Waals surface area (Å²) in [5.74, 6) is 0. The molecule has 1 heterocycles. The fourth-order valence-corrected chi connectivity index (χ4v) is 1.94. The molecule has 6 heteroatoms. The minimum atomic E-state index is -0.462. The van der Waals surface area contributed by atoms with Crippen LogP contribution >= 0.6 is 11.6 Å². The van der Waals surface area contributed by atoms with E-state index in [0.717, 1.165) is 17.3 Å². The van der Waals surface area contributed by atoms with Crippen molar-refractivity contribution in [3.63, 3.8) is 0 Å². The lowest BCUT2D eigenvalue weighted by molar-refractivity contribution is -0.403. The van der Waals surface area contributed by atoms with Crippen LogP contribution in [0.2, 0.25) is 5.15 Å². The van der Waals surface area contributed by atoms with Gasteiger partial charge in [0.25, 0.3) is 6.20 Å². The van der Waals surface area contributed by atoms with E-state index in [0.29, 0.717) is 23.8 Å². The minimum Gasteiger partial charge on any atom is -0.379 e. The maximum Gasteiger partial charge on any atom is 0.253 e. The van der Waals surface area contributed by atoms with Crippen molar-refractivity contribution in [2.75, 3.05) is 0 Å². The lowest BCUT2D eigenvalue weighted by Crippen LogP contribution is -2.16. The Morgan fingerprint density at radius 3 is 2.62 bits per heavy atom. The number of halogens is 1. The number of nitrogens with zero attached hydrogens (tertiary/aromatic N) is 2. The molecule has 108 valence electrons. The van der Waals surface area contributed by atoms with Gasteiger partial charge >= 0.3 is 0 Å². The van der Waals surface area contributed by atoms with E-state index >= 15 is 0 Å². The Morgan fingerprint density at radius 1 is 1.24 bits per heavy atom. The first-order chi connectivity index (χ1) is 10.1. The van der Waals surface area contributed by atoms with Crippen molar-refractivity contribution < 1.29 is 4.92 Å². The van der Waals surface area contributed by atoms with Gasteiger partial charge in [-0.2, -0.15) is 0 Å². The van der Waals surface area contributed by atoms with E-state index in [1.165, 1.54) is 0 Å². The highest BCUT2D eigenvalue weighted by atomic mass is 35.5. The van der Waals surface area contributed by atoms with Gasteiger partial charge in [-0.25, -0.2) is 4.98 Å². The lowest BCUT2D eigenvalue weighted by atomic mass is 10.1. The van der Waals surface area contributed by atoms with Crippen LogP contribution in [0.3, 0.4) is 0 Å². The second kappa shape index (κ2) is 7.40. The van der Waals surface area contributed by atoms with E-state index in [1.807, 2.05) is 30.3 Å². The Hall–Kier alpha value is -2.40. The first-order valence-corrected chi connectivity index (χ1v) is 6.74. The Bertz CT molecular complexity index is 627. The third-order valence-corrected chi connectivity index (χ3v) is 3.03. The summed E-state index contributed by atoms with van der Waals surface area (Å²) >= 11 is 5.72. The second-order valence-corrected chi connectivity index (χ2v) is 4.83. The van der Waals surface area contributed by atoms with Crippen LogP contribution in [0.4, 0.5) is 0 Å². The van der Waals surface area contributed by atoms with Crippen molar-refractivity contribution in [2.45, 2.75) is 13.0 Å². The highest BCUT2D eigenvalue weighted by Gasteiger charge is 2.05.